The van der Waals surface area contributed by atoms with Crippen LogP contribution < -0.4 is 5.73 Å². The summed E-state index contributed by atoms with van der Waals surface area (Å²) in [7, 11) is -0.0705. The zero-order valence-electron chi connectivity index (χ0n) is 3.44. The van der Waals surface area contributed by atoms with Crippen LogP contribution in [0.1, 0.15) is 0 Å². The molecular formula is C3H9NP+. The molecule has 30 valence electrons. The smallest absolute Gasteiger partial charge is 0.153 e. The Bertz CT molecular complexity index is 42.2. The molecule has 1 nitrogen and oxygen atoms in total. The van der Waals surface area contributed by atoms with E-state index in [1.807, 2.05) is 0 Å². The van der Waals surface area contributed by atoms with E-state index in [0.29, 0.717) is 0 Å². The summed E-state index contributed by atoms with van der Waals surface area (Å²) in [6.45, 7) is 2.05. The second-order valence-corrected chi connectivity index (χ2v) is 3.12. The van der Waals surface area contributed by atoms with Gasteiger partial charge in [0.2, 0.25) is 0 Å². The van der Waals surface area contributed by atoms with Gasteiger partial charge in [0.15, 0.2) is 6.29 Å². The van der Waals surface area contributed by atoms with Gasteiger partial charge in [-0.2, -0.15) is 0 Å². The van der Waals surface area contributed by atoms with E-state index in [0.717, 1.165) is 6.29 Å². The second kappa shape index (κ2) is 2.37. The molecule has 0 heterocycles. The Hall–Kier alpha value is 0.130. The van der Waals surface area contributed by atoms with E-state index in [2.05, 4.69) is 13.0 Å². The molecule has 0 aromatic heterocycles. The van der Waals surface area contributed by atoms with E-state index in [-0.39, 0.29) is 7.55 Å². The predicted molar refractivity (Wildman–Crippen MR) is 29.0 cm³/mol. The number of hydrogen-bond donors (Lipinski definition) is 1. The van der Waals surface area contributed by atoms with Crippen molar-refractivity contribution in [2.75, 3.05) is 13.0 Å². The van der Waals surface area contributed by atoms with Crippen molar-refractivity contribution in [3.63, 3.8) is 0 Å². The zero-order chi connectivity index (χ0) is 4.28. The molecule has 1 unspecified atom stereocenters. The molecular weight excluding hydrogens is 81.0 g/mol. The van der Waals surface area contributed by atoms with Crippen LogP contribution in [0.25, 0.3) is 0 Å². The first-order valence-corrected chi connectivity index (χ1v) is 3.65. The maximum Gasteiger partial charge on any atom is 0.153 e. The molecule has 1 atom stereocenters. The van der Waals surface area contributed by atoms with E-state index in [1.165, 1.54) is 0 Å². The van der Waals surface area contributed by atoms with Gasteiger partial charge in [0, 0.05) is 0 Å². The highest BCUT2D eigenvalue weighted by Crippen LogP contribution is 2.04. The molecule has 0 saturated carbocycles. The van der Waals surface area contributed by atoms with Crippen LogP contribution in [0.3, 0.4) is 0 Å². The van der Waals surface area contributed by atoms with Crippen molar-refractivity contribution in [1.29, 1.82) is 0 Å². The minimum absolute atomic E-state index is 0.0705. The fourth-order valence-corrected chi connectivity index (χ4v) is 0. The molecule has 0 aromatic rings. The fraction of sp³-hybridized carbons (Fsp3) is 0.667. The third-order valence-corrected chi connectivity index (χ3v) is 0.935. The van der Waals surface area contributed by atoms with Crippen LogP contribution in [-0.4, -0.2) is 19.3 Å². The van der Waals surface area contributed by atoms with Gasteiger partial charge in [-0.3, -0.25) is 5.73 Å². The SMILES string of the molecule is C=[P+](C)CN. The molecule has 0 radical (unpaired) electrons. The first kappa shape index (κ1) is 5.13. The molecule has 0 rings (SSSR count). The molecule has 0 fully saturated rings. The molecule has 0 aliphatic rings. The number of nitrogens with two attached hydrogens (primary N) is 1. The lowest BCUT2D eigenvalue weighted by molar-refractivity contribution is 1.39. The van der Waals surface area contributed by atoms with E-state index >= 15 is 0 Å². The second-order valence-electron chi connectivity index (χ2n) is 1.04. The normalized spacial score (nSPS) is 11.2. The average molecular weight is 90.1 g/mol. The van der Waals surface area contributed by atoms with Crippen molar-refractivity contribution in [2.24, 2.45) is 5.73 Å². The van der Waals surface area contributed by atoms with Crippen molar-refractivity contribution < 1.29 is 0 Å². The van der Waals surface area contributed by atoms with E-state index in [1.54, 1.807) is 0 Å². The molecule has 2 N–H and O–H groups in total. The van der Waals surface area contributed by atoms with Crippen molar-refractivity contribution in [3.05, 3.63) is 0 Å². The van der Waals surface area contributed by atoms with Gasteiger partial charge in [-0.25, -0.2) is 0 Å². The minimum atomic E-state index is -0.0705. The van der Waals surface area contributed by atoms with Crippen LogP contribution in [0.4, 0.5) is 0 Å². The van der Waals surface area contributed by atoms with Crippen LogP contribution in [0.5, 0.6) is 0 Å². The summed E-state index contributed by atoms with van der Waals surface area (Å²) in [4.78, 5) is 0. The largest absolute Gasteiger partial charge is 0.293 e. The van der Waals surface area contributed by atoms with Crippen LogP contribution in [0.2, 0.25) is 0 Å². The lowest BCUT2D eigenvalue weighted by Gasteiger charge is -1.67. The third-order valence-electron chi connectivity index (χ3n) is 0.312. The standard InChI is InChI=1S/C3H9NP/c1-5(2)3-4/h1,3-4H2,2H3/q+1. The Morgan fingerprint density at radius 2 is 2.20 bits per heavy atom. The first-order chi connectivity index (χ1) is 2.27. The molecule has 0 bridgehead atoms. The summed E-state index contributed by atoms with van der Waals surface area (Å²) >= 11 is 0. The first-order valence-electron chi connectivity index (χ1n) is 1.49. The van der Waals surface area contributed by atoms with Gasteiger partial charge in [0.05, 0.1) is 20.5 Å². The highest BCUT2D eigenvalue weighted by molar-refractivity contribution is 7.54. The summed E-state index contributed by atoms with van der Waals surface area (Å²) in [6, 6.07) is 0. The van der Waals surface area contributed by atoms with Gasteiger partial charge in [0.1, 0.15) is 0 Å². The quantitative estimate of drug-likeness (QED) is 0.465. The van der Waals surface area contributed by atoms with Gasteiger partial charge in [-0.1, -0.05) is 0 Å². The fourth-order valence-electron chi connectivity index (χ4n) is 0. The topological polar surface area (TPSA) is 26.0 Å². The summed E-state index contributed by atoms with van der Waals surface area (Å²) in [5.74, 6) is 0. The monoisotopic (exact) mass is 90.0 g/mol. The number of hydrogen-bond acceptors (Lipinski definition) is 1. The summed E-state index contributed by atoms with van der Waals surface area (Å²) in [5, 5.41) is 0. The maximum absolute atomic E-state index is 5.14. The highest BCUT2D eigenvalue weighted by Gasteiger charge is 1.81. The Balaban J connectivity index is 2.85. The van der Waals surface area contributed by atoms with Gasteiger partial charge < -0.3 is 0 Å². The minimum Gasteiger partial charge on any atom is -0.293 e. The van der Waals surface area contributed by atoms with Gasteiger partial charge in [0.25, 0.3) is 0 Å². The van der Waals surface area contributed by atoms with Crippen LogP contribution in [-0.2, 0) is 0 Å². The molecule has 0 amide bonds. The summed E-state index contributed by atoms with van der Waals surface area (Å²) in [5.41, 5.74) is 5.14. The van der Waals surface area contributed by atoms with Crippen molar-refractivity contribution in [2.45, 2.75) is 0 Å². The van der Waals surface area contributed by atoms with Crippen molar-refractivity contribution in [3.8, 4) is 0 Å². The summed E-state index contributed by atoms with van der Waals surface area (Å²) < 4.78 is 0. The van der Waals surface area contributed by atoms with Crippen molar-refractivity contribution in [1.82, 2.24) is 0 Å². The molecule has 0 aromatic carbocycles. The van der Waals surface area contributed by atoms with Gasteiger partial charge >= 0.3 is 0 Å². The van der Waals surface area contributed by atoms with Gasteiger partial charge in [-0.15, -0.1) is 0 Å². The van der Waals surface area contributed by atoms with Gasteiger partial charge in [-0.05, 0) is 0 Å². The molecule has 0 aliphatic heterocycles. The lowest BCUT2D eigenvalue weighted by Crippen LogP contribution is -1.89. The average Bonchev–Trinajstić information content (AvgIpc) is 1.38. The van der Waals surface area contributed by atoms with Crippen molar-refractivity contribution >= 4 is 13.8 Å². The van der Waals surface area contributed by atoms with Crippen LogP contribution >= 0.6 is 7.55 Å². The van der Waals surface area contributed by atoms with E-state index in [4.69, 9.17) is 5.73 Å². The Morgan fingerprint density at radius 3 is 2.20 bits per heavy atom. The number of rotatable bonds is 1. The summed E-state index contributed by atoms with van der Waals surface area (Å²) in [6.07, 6.45) is 4.46. The van der Waals surface area contributed by atoms with E-state index < -0.39 is 0 Å². The lowest BCUT2D eigenvalue weighted by atomic mass is 11.5. The molecule has 0 saturated heterocycles. The third kappa shape index (κ3) is 4.13. The van der Waals surface area contributed by atoms with Crippen LogP contribution in [0.15, 0.2) is 0 Å². The Morgan fingerprint density at radius 1 is 2.00 bits per heavy atom. The van der Waals surface area contributed by atoms with E-state index in [9.17, 15) is 0 Å². The molecule has 0 spiro atoms. The Labute approximate surface area is 33.6 Å². The zero-order valence-corrected chi connectivity index (χ0v) is 4.33. The Kier molecular flexibility index (Phi) is 2.43. The van der Waals surface area contributed by atoms with Crippen LogP contribution in [0, 0.1) is 0 Å². The maximum atomic E-state index is 5.14. The molecule has 0 aliphatic carbocycles. The predicted octanol–water partition coefficient (Wildman–Crippen LogP) is 0.446. The molecule has 5 heavy (non-hydrogen) atoms. The molecule has 2 heteroatoms. The highest BCUT2D eigenvalue weighted by atomic mass is 31.1.